The van der Waals surface area contributed by atoms with E-state index >= 15 is 0 Å². The highest BCUT2D eigenvalue weighted by Gasteiger charge is 2.31. The molecule has 1 aliphatic rings. The maximum atomic E-state index is 13.7. The van der Waals surface area contributed by atoms with Gasteiger partial charge in [-0.05, 0) is 18.2 Å². The first-order valence-electron chi connectivity index (χ1n) is 6.28. The Morgan fingerprint density at radius 3 is 2.67 bits per heavy atom. The Labute approximate surface area is 123 Å². The summed E-state index contributed by atoms with van der Waals surface area (Å²) in [5.74, 6) is -3.28. The van der Waals surface area contributed by atoms with E-state index in [4.69, 9.17) is 4.74 Å². The molecule has 0 fully saturated rings. The number of aliphatic hydroxyl groups is 1. The summed E-state index contributed by atoms with van der Waals surface area (Å²) in [4.78, 5) is 0.923. The lowest BCUT2D eigenvalue weighted by atomic mass is 10.0. The molecule has 21 heavy (non-hydrogen) atoms. The van der Waals surface area contributed by atoms with Gasteiger partial charge in [0.05, 0.1) is 0 Å². The van der Waals surface area contributed by atoms with Crippen molar-refractivity contribution >= 4 is 11.8 Å². The van der Waals surface area contributed by atoms with Gasteiger partial charge in [0.1, 0.15) is 18.0 Å². The molecular weight excluding hydrogens is 301 g/mol. The van der Waals surface area contributed by atoms with E-state index in [0.29, 0.717) is 11.5 Å². The van der Waals surface area contributed by atoms with Crippen LogP contribution in [0.15, 0.2) is 41.3 Å². The van der Waals surface area contributed by atoms with Crippen LogP contribution in [0.4, 0.5) is 13.2 Å². The number of hydrogen-bond donors (Lipinski definition) is 1. The monoisotopic (exact) mass is 312 g/mol. The van der Waals surface area contributed by atoms with Crippen molar-refractivity contribution < 1.29 is 23.0 Å². The Balaban J connectivity index is 1.87. The molecule has 110 valence electrons. The Bertz CT molecular complexity index is 678. The van der Waals surface area contributed by atoms with Gasteiger partial charge in [-0.2, -0.15) is 0 Å². The molecule has 6 heteroatoms. The summed E-state index contributed by atoms with van der Waals surface area (Å²) in [6.45, 7) is 0. The Hall–Kier alpha value is -1.66. The first-order valence-corrected chi connectivity index (χ1v) is 7.26. The van der Waals surface area contributed by atoms with E-state index in [0.717, 1.165) is 17.0 Å². The summed E-state index contributed by atoms with van der Waals surface area (Å²) in [5.41, 5.74) is -0.307. The standard InChI is InChI=1S/C15H11F3O2S/c16-9-6-5-8(13(17)14(9)18)15(19)11-7-21-12-4-2-1-3-10(12)20-11/h1-6,11,15,19H,7H2. The summed E-state index contributed by atoms with van der Waals surface area (Å²) < 4.78 is 45.5. The molecule has 2 aromatic carbocycles. The van der Waals surface area contributed by atoms with Gasteiger partial charge >= 0.3 is 0 Å². The highest BCUT2D eigenvalue weighted by Crippen LogP contribution is 2.38. The number of benzene rings is 2. The van der Waals surface area contributed by atoms with Crippen molar-refractivity contribution in [1.82, 2.24) is 0 Å². The van der Waals surface area contributed by atoms with Crippen LogP contribution >= 0.6 is 11.8 Å². The second-order valence-electron chi connectivity index (χ2n) is 4.62. The van der Waals surface area contributed by atoms with Crippen LogP contribution in [-0.2, 0) is 0 Å². The van der Waals surface area contributed by atoms with E-state index in [2.05, 4.69) is 0 Å². The molecule has 2 aromatic rings. The molecule has 0 amide bonds. The molecule has 0 saturated heterocycles. The lowest BCUT2D eigenvalue weighted by Gasteiger charge is -2.29. The average Bonchev–Trinajstić information content (AvgIpc) is 2.52. The van der Waals surface area contributed by atoms with E-state index in [1.165, 1.54) is 11.8 Å². The molecule has 2 unspecified atom stereocenters. The highest BCUT2D eigenvalue weighted by atomic mass is 32.2. The van der Waals surface area contributed by atoms with Crippen molar-refractivity contribution in [3.63, 3.8) is 0 Å². The third kappa shape index (κ3) is 2.61. The van der Waals surface area contributed by atoms with E-state index < -0.39 is 29.7 Å². The van der Waals surface area contributed by atoms with Gasteiger partial charge in [-0.25, -0.2) is 13.2 Å². The number of ether oxygens (including phenoxy) is 1. The number of aliphatic hydroxyl groups excluding tert-OH is 1. The molecule has 0 aliphatic carbocycles. The molecule has 1 heterocycles. The van der Waals surface area contributed by atoms with Gasteiger partial charge in [0.15, 0.2) is 17.5 Å². The highest BCUT2D eigenvalue weighted by molar-refractivity contribution is 7.99. The predicted molar refractivity (Wildman–Crippen MR) is 72.9 cm³/mol. The number of thioether (sulfide) groups is 1. The normalized spacial score (nSPS) is 18.8. The number of hydrogen-bond acceptors (Lipinski definition) is 3. The van der Waals surface area contributed by atoms with Gasteiger partial charge < -0.3 is 9.84 Å². The minimum atomic E-state index is -1.59. The fourth-order valence-electron chi connectivity index (χ4n) is 2.16. The molecule has 1 N–H and O–H groups in total. The lowest BCUT2D eigenvalue weighted by molar-refractivity contribution is 0.0427. The van der Waals surface area contributed by atoms with Crippen LogP contribution in [0.3, 0.4) is 0 Å². The van der Waals surface area contributed by atoms with Gasteiger partial charge in [-0.15, -0.1) is 11.8 Å². The summed E-state index contributed by atoms with van der Waals surface area (Å²) >= 11 is 1.46. The maximum Gasteiger partial charge on any atom is 0.194 e. The van der Waals surface area contributed by atoms with Crippen LogP contribution in [0.1, 0.15) is 11.7 Å². The van der Waals surface area contributed by atoms with Crippen LogP contribution in [0.25, 0.3) is 0 Å². The van der Waals surface area contributed by atoms with Crippen molar-refractivity contribution in [2.75, 3.05) is 5.75 Å². The van der Waals surface area contributed by atoms with Crippen molar-refractivity contribution in [1.29, 1.82) is 0 Å². The molecule has 1 aliphatic heterocycles. The summed E-state index contributed by atoms with van der Waals surface area (Å²) in [5, 5.41) is 10.2. The quantitative estimate of drug-likeness (QED) is 0.858. The Morgan fingerprint density at radius 2 is 1.86 bits per heavy atom. The van der Waals surface area contributed by atoms with E-state index in [-0.39, 0.29) is 5.56 Å². The zero-order chi connectivity index (χ0) is 15.0. The third-order valence-electron chi connectivity index (χ3n) is 3.27. The van der Waals surface area contributed by atoms with Crippen molar-refractivity contribution in [2.45, 2.75) is 17.1 Å². The SMILES string of the molecule is OC(c1ccc(F)c(F)c1F)C1CSc2ccccc2O1. The minimum absolute atomic E-state index is 0.307. The van der Waals surface area contributed by atoms with Crippen molar-refractivity contribution in [3.8, 4) is 5.75 Å². The van der Waals surface area contributed by atoms with Crippen molar-refractivity contribution in [2.24, 2.45) is 0 Å². The average molecular weight is 312 g/mol. The fraction of sp³-hybridized carbons (Fsp3) is 0.200. The van der Waals surface area contributed by atoms with Crippen molar-refractivity contribution in [3.05, 3.63) is 59.4 Å². The number of para-hydroxylation sites is 1. The molecule has 3 rings (SSSR count). The lowest BCUT2D eigenvalue weighted by Crippen LogP contribution is -2.31. The molecule has 2 nitrogen and oxygen atoms in total. The van der Waals surface area contributed by atoms with E-state index in [1.54, 1.807) is 12.1 Å². The zero-order valence-electron chi connectivity index (χ0n) is 10.7. The number of rotatable bonds is 2. The van der Waals surface area contributed by atoms with E-state index in [1.807, 2.05) is 12.1 Å². The van der Waals surface area contributed by atoms with Gasteiger partial charge in [-0.3, -0.25) is 0 Å². The summed E-state index contributed by atoms with van der Waals surface area (Å²) in [6.07, 6.45) is -2.11. The second kappa shape index (κ2) is 5.61. The molecule has 0 spiro atoms. The third-order valence-corrected chi connectivity index (χ3v) is 4.41. The Kier molecular flexibility index (Phi) is 3.82. The van der Waals surface area contributed by atoms with Gasteiger partial charge in [-0.1, -0.05) is 18.2 Å². The predicted octanol–water partition coefficient (Wildman–Crippen LogP) is 3.69. The van der Waals surface area contributed by atoms with Gasteiger partial charge in [0, 0.05) is 16.2 Å². The summed E-state index contributed by atoms with van der Waals surface area (Å²) in [6, 6.07) is 9.09. The molecule has 2 atom stereocenters. The van der Waals surface area contributed by atoms with Crippen LogP contribution < -0.4 is 4.74 Å². The molecule has 0 saturated carbocycles. The largest absolute Gasteiger partial charge is 0.485 e. The molecule has 0 aromatic heterocycles. The van der Waals surface area contributed by atoms with E-state index in [9.17, 15) is 18.3 Å². The smallest absolute Gasteiger partial charge is 0.194 e. The zero-order valence-corrected chi connectivity index (χ0v) is 11.5. The van der Waals surface area contributed by atoms with Crippen LogP contribution in [0.5, 0.6) is 5.75 Å². The first kappa shape index (κ1) is 14.3. The molecular formula is C15H11F3O2S. The molecule has 0 radical (unpaired) electrons. The van der Waals surface area contributed by atoms with Gasteiger partial charge in [0.2, 0.25) is 0 Å². The van der Waals surface area contributed by atoms with Gasteiger partial charge in [0.25, 0.3) is 0 Å². The number of halogens is 3. The minimum Gasteiger partial charge on any atom is -0.485 e. The summed E-state index contributed by atoms with van der Waals surface area (Å²) in [7, 11) is 0. The van der Waals surface area contributed by atoms with Crippen LogP contribution in [0, 0.1) is 17.5 Å². The first-order chi connectivity index (χ1) is 10.1. The Morgan fingerprint density at radius 1 is 1.10 bits per heavy atom. The number of fused-ring (bicyclic) bond motifs is 1. The topological polar surface area (TPSA) is 29.5 Å². The maximum absolute atomic E-state index is 13.7. The fourth-order valence-corrected chi connectivity index (χ4v) is 3.19. The second-order valence-corrected chi connectivity index (χ2v) is 5.69. The van der Waals surface area contributed by atoms with Crippen LogP contribution in [-0.4, -0.2) is 17.0 Å². The molecule has 0 bridgehead atoms. The van der Waals surface area contributed by atoms with Crippen LogP contribution in [0.2, 0.25) is 0 Å².